The predicted octanol–water partition coefficient (Wildman–Crippen LogP) is 6.68. The Morgan fingerprint density at radius 2 is 1.63 bits per heavy atom. The Morgan fingerprint density at radius 1 is 0.900 bits per heavy atom. The molecule has 156 valence electrons. The molecule has 0 unspecified atom stereocenters. The van der Waals surface area contributed by atoms with Gasteiger partial charge in [0.25, 0.3) is 0 Å². The number of para-hydroxylation sites is 1. The average molecular weight is 405 g/mol. The molecule has 1 fully saturated rings. The molecule has 2 N–H and O–H groups in total. The van der Waals surface area contributed by atoms with Crippen molar-refractivity contribution in [2.75, 3.05) is 5.32 Å². The van der Waals surface area contributed by atoms with Crippen molar-refractivity contribution in [2.45, 2.75) is 51.0 Å². The zero-order valence-corrected chi connectivity index (χ0v) is 17.2. The van der Waals surface area contributed by atoms with Crippen LogP contribution in [0.5, 0.6) is 0 Å². The predicted molar refractivity (Wildman–Crippen MR) is 121 cm³/mol. The Bertz CT molecular complexity index is 981. The summed E-state index contributed by atoms with van der Waals surface area (Å²) in [7, 11) is 0. The minimum atomic E-state index is -0.183. The summed E-state index contributed by atoms with van der Waals surface area (Å²) in [6.07, 6.45) is 7.91. The van der Waals surface area contributed by atoms with Crippen molar-refractivity contribution in [3.63, 3.8) is 0 Å². The molecule has 0 aromatic heterocycles. The van der Waals surface area contributed by atoms with E-state index in [2.05, 4.69) is 22.8 Å². The lowest BCUT2D eigenvalue weighted by atomic mass is 9.83. The van der Waals surface area contributed by atoms with Crippen LogP contribution >= 0.6 is 0 Å². The molecule has 3 aromatic carbocycles. The normalized spacial score (nSPS) is 18.8. The Balaban J connectivity index is 1.17. The van der Waals surface area contributed by atoms with Gasteiger partial charge in [0.2, 0.25) is 0 Å². The minimum Gasteiger partial charge on any atom is -0.335 e. The lowest BCUT2D eigenvalue weighted by Gasteiger charge is -2.29. The third kappa shape index (κ3) is 5.59. The summed E-state index contributed by atoms with van der Waals surface area (Å²) in [4.78, 5) is 12.2. The molecular weight excluding hydrogens is 375 g/mol. The summed E-state index contributed by atoms with van der Waals surface area (Å²) >= 11 is 0. The van der Waals surface area contributed by atoms with E-state index >= 15 is 0 Å². The maximum Gasteiger partial charge on any atom is 0.319 e. The van der Waals surface area contributed by atoms with E-state index in [1.807, 2.05) is 42.5 Å². The van der Waals surface area contributed by atoms with Crippen molar-refractivity contribution >= 4 is 22.5 Å². The lowest BCUT2D eigenvalue weighted by Crippen LogP contribution is -2.40. The van der Waals surface area contributed by atoms with E-state index in [1.165, 1.54) is 37.3 Å². The summed E-state index contributed by atoms with van der Waals surface area (Å²) in [6, 6.07) is 21.0. The van der Waals surface area contributed by atoms with Crippen LogP contribution < -0.4 is 10.6 Å². The lowest BCUT2D eigenvalue weighted by molar-refractivity contribution is 0.235. The van der Waals surface area contributed by atoms with E-state index < -0.39 is 0 Å². The molecule has 0 spiro atoms. The number of rotatable bonds is 6. The first-order valence-corrected chi connectivity index (χ1v) is 11.0. The van der Waals surface area contributed by atoms with Gasteiger partial charge >= 0.3 is 6.03 Å². The van der Waals surface area contributed by atoms with Crippen molar-refractivity contribution in [2.24, 2.45) is 5.92 Å². The zero-order valence-electron chi connectivity index (χ0n) is 17.2. The summed E-state index contributed by atoms with van der Waals surface area (Å²) in [5.74, 6) is 0.563. The Hall–Kier alpha value is -2.88. The molecule has 4 heteroatoms. The van der Waals surface area contributed by atoms with Gasteiger partial charge in [-0.3, -0.25) is 0 Å². The standard InChI is InChI=1S/C26H29FN2O/c27-23-14-13-21-17-20(9-12-22(21)18-23)6-4-5-19-10-15-25(16-11-19)29-26(30)28-24-7-2-1-3-8-24/h1-3,7-9,12-14,17-19,25H,4-6,10-11,15-16H2,(H2,28,29,30). The molecule has 1 saturated carbocycles. The Morgan fingerprint density at radius 3 is 2.43 bits per heavy atom. The van der Waals surface area contributed by atoms with Crippen molar-refractivity contribution in [3.8, 4) is 0 Å². The molecule has 3 nitrogen and oxygen atoms in total. The third-order valence-corrected chi connectivity index (χ3v) is 6.16. The van der Waals surface area contributed by atoms with Crippen LogP contribution in [0.4, 0.5) is 14.9 Å². The highest BCUT2D eigenvalue weighted by atomic mass is 19.1. The second-order valence-electron chi connectivity index (χ2n) is 8.40. The van der Waals surface area contributed by atoms with Gasteiger partial charge in [-0.1, -0.05) is 48.9 Å². The monoisotopic (exact) mass is 404 g/mol. The first-order valence-electron chi connectivity index (χ1n) is 11.0. The number of anilines is 1. The van der Waals surface area contributed by atoms with Crippen molar-refractivity contribution in [3.05, 3.63) is 78.1 Å². The SMILES string of the molecule is O=C(Nc1ccccc1)NC1CCC(CCCc2ccc3cc(F)ccc3c2)CC1. The van der Waals surface area contributed by atoms with Gasteiger partial charge in [-0.2, -0.15) is 0 Å². The van der Waals surface area contributed by atoms with Crippen LogP contribution in [-0.4, -0.2) is 12.1 Å². The molecule has 0 heterocycles. The van der Waals surface area contributed by atoms with Crippen molar-refractivity contribution in [1.82, 2.24) is 5.32 Å². The summed E-state index contributed by atoms with van der Waals surface area (Å²) in [6.45, 7) is 0. The minimum absolute atomic E-state index is 0.110. The van der Waals surface area contributed by atoms with Crippen LogP contribution in [0.25, 0.3) is 10.8 Å². The van der Waals surface area contributed by atoms with Crippen LogP contribution in [0, 0.1) is 11.7 Å². The first-order chi connectivity index (χ1) is 14.7. The second-order valence-corrected chi connectivity index (χ2v) is 8.40. The van der Waals surface area contributed by atoms with Crippen LogP contribution in [0.2, 0.25) is 0 Å². The van der Waals surface area contributed by atoms with Gasteiger partial charge in [-0.05, 0) is 85.0 Å². The summed E-state index contributed by atoms with van der Waals surface area (Å²) < 4.78 is 13.3. The Kier molecular flexibility index (Phi) is 6.63. The maximum absolute atomic E-state index is 13.3. The molecule has 1 aliphatic rings. The van der Waals surface area contributed by atoms with Crippen LogP contribution in [0.3, 0.4) is 0 Å². The molecule has 4 rings (SSSR count). The number of hydrogen-bond acceptors (Lipinski definition) is 1. The van der Waals surface area contributed by atoms with E-state index in [4.69, 9.17) is 0 Å². The zero-order chi connectivity index (χ0) is 20.8. The number of amides is 2. The van der Waals surface area contributed by atoms with E-state index in [0.29, 0.717) is 0 Å². The van der Waals surface area contributed by atoms with Crippen LogP contribution in [0.15, 0.2) is 66.7 Å². The van der Waals surface area contributed by atoms with Crippen LogP contribution in [-0.2, 0) is 6.42 Å². The van der Waals surface area contributed by atoms with E-state index in [9.17, 15) is 9.18 Å². The molecule has 3 aromatic rings. The van der Waals surface area contributed by atoms with Crippen molar-refractivity contribution < 1.29 is 9.18 Å². The van der Waals surface area contributed by atoms with Gasteiger partial charge in [-0.25, -0.2) is 9.18 Å². The number of aryl methyl sites for hydroxylation is 1. The fourth-order valence-corrected chi connectivity index (χ4v) is 4.49. The number of fused-ring (bicyclic) bond motifs is 1. The molecule has 0 radical (unpaired) electrons. The molecular formula is C26H29FN2O. The van der Waals surface area contributed by atoms with Gasteiger partial charge in [-0.15, -0.1) is 0 Å². The highest BCUT2D eigenvalue weighted by Crippen LogP contribution is 2.29. The van der Waals surface area contributed by atoms with Gasteiger partial charge in [0, 0.05) is 11.7 Å². The number of hydrogen-bond donors (Lipinski definition) is 2. The number of carbonyl (C=O) groups excluding carboxylic acids is 1. The van der Waals surface area contributed by atoms with Gasteiger partial charge in [0.15, 0.2) is 0 Å². The molecule has 0 bridgehead atoms. The maximum atomic E-state index is 13.3. The van der Waals surface area contributed by atoms with E-state index in [1.54, 1.807) is 6.07 Å². The number of halogens is 1. The molecule has 0 saturated heterocycles. The fourth-order valence-electron chi connectivity index (χ4n) is 4.49. The molecule has 0 aliphatic heterocycles. The van der Waals surface area contributed by atoms with E-state index in [0.717, 1.165) is 41.6 Å². The highest BCUT2D eigenvalue weighted by molar-refractivity contribution is 5.89. The smallest absolute Gasteiger partial charge is 0.319 e. The van der Waals surface area contributed by atoms with Gasteiger partial charge in [0.05, 0.1) is 0 Å². The first kappa shape index (κ1) is 20.4. The van der Waals surface area contributed by atoms with E-state index in [-0.39, 0.29) is 17.9 Å². The molecule has 30 heavy (non-hydrogen) atoms. The van der Waals surface area contributed by atoms with Crippen molar-refractivity contribution in [1.29, 1.82) is 0 Å². The largest absolute Gasteiger partial charge is 0.335 e. The third-order valence-electron chi connectivity index (χ3n) is 6.16. The van der Waals surface area contributed by atoms with Crippen LogP contribution in [0.1, 0.15) is 44.1 Å². The Labute approximate surface area is 177 Å². The van der Waals surface area contributed by atoms with Gasteiger partial charge in [0.1, 0.15) is 5.82 Å². The average Bonchev–Trinajstić information content (AvgIpc) is 2.76. The number of carbonyl (C=O) groups is 1. The number of urea groups is 1. The number of benzene rings is 3. The summed E-state index contributed by atoms with van der Waals surface area (Å²) in [5.41, 5.74) is 2.14. The number of nitrogens with one attached hydrogen (secondary N) is 2. The molecule has 1 aliphatic carbocycles. The summed E-state index contributed by atoms with van der Waals surface area (Å²) in [5, 5.41) is 8.08. The second kappa shape index (κ2) is 9.75. The topological polar surface area (TPSA) is 41.1 Å². The fraction of sp³-hybridized carbons (Fsp3) is 0.346. The highest BCUT2D eigenvalue weighted by Gasteiger charge is 2.22. The quantitative estimate of drug-likeness (QED) is 0.472. The molecule has 0 atom stereocenters. The molecule has 2 amide bonds. The van der Waals surface area contributed by atoms with Gasteiger partial charge < -0.3 is 10.6 Å².